The largest absolute Gasteiger partial charge is 0.349 e. The van der Waals surface area contributed by atoms with Crippen LogP contribution in [0.25, 0.3) is 0 Å². The first kappa shape index (κ1) is 14.6. The van der Waals surface area contributed by atoms with Crippen molar-refractivity contribution in [1.29, 1.82) is 0 Å². The predicted molar refractivity (Wildman–Crippen MR) is 78.7 cm³/mol. The molecule has 5 heteroatoms. The number of rotatable bonds is 3. The van der Waals surface area contributed by atoms with Crippen molar-refractivity contribution in [3.63, 3.8) is 0 Å². The predicted octanol–water partition coefficient (Wildman–Crippen LogP) is 3.24. The summed E-state index contributed by atoms with van der Waals surface area (Å²) >= 11 is 12.0. The zero-order chi connectivity index (χ0) is 13.8. The molecule has 0 aromatic heterocycles. The molecule has 1 fully saturated rings. The summed E-state index contributed by atoms with van der Waals surface area (Å²) in [5, 5.41) is 3.75. The van der Waals surface area contributed by atoms with Crippen LogP contribution in [0.3, 0.4) is 0 Å². The molecule has 0 heterocycles. The monoisotopic (exact) mass is 300 g/mol. The maximum absolute atomic E-state index is 12.3. The summed E-state index contributed by atoms with van der Waals surface area (Å²) < 4.78 is 0. The van der Waals surface area contributed by atoms with Crippen LogP contribution in [0.5, 0.6) is 0 Å². The molecule has 0 saturated heterocycles. The molecule has 104 valence electrons. The average Bonchev–Trinajstić information content (AvgIpc) is 2.42. The van der Waals surface area contributed by atoms with Crippen LogP contribution in [0.4, 0.5) is 0 Å². The quantitative estimate of drug-likeness (QED) is 0.900. The van der Waals surface area contributed by atoms with Crippen molar-refractivity contribution < 1.29 is 4.79 Å². The van der Waals surface area contributed by atoms with Gasteiger partial charge < -0.3 is 11.1 Å². The maximum atomic E-state index is 12.3. The van der Waals surface area contributed by atoms with Crippen LogP contribution in [0, 0.1) is 5.92 Å². The maximum Gasteiger partial charge on any atom is 0.253 e. The number of amides is 1. The molecule has 3 nitrogen and oxygen atoms in total. The van der Waals surface area contributed by atoms with E-state index in [0.29, 0.717) is 28.1 Å². The molecule has 2 unspecified atom stereocenters. The van der Waals surface area contributed by atoms with E-state index in [4.69, 9.17) is 28.9 Å². The van der Waals surface area contributed by atoms with Crippen LogP contribution in [-0.2, 0) is 0 Å². The Hall–Kier alpha value is -0.770. The molecule has 0 bridgehead atoms. The number of carbonyl (C=O) groups excluding carboxylic acids is 1. The number of halogens is 2. The van der Waals surface area contributed by atoms with E-state index in [9.17, 15) is 4.79 Å². The van der Waals surface area contributed by atoms with E-state index in [0.717, 1.165) is 19.3 Å². The Morgan fingerprint density at radius 1 is 1.32 bits per heavy atom. The molecule has 1 aliphatic carbocycles. The first-order chi connectivity index (χ1) is 9.13. The number of nitrogens with two attached hydrogens (primary N) is 1. The number of benzene rings is 1. The highest BCUT2D eigenvalue weighted by atomic mass is 35.5. The SMILES string of the molecule is NCC1CCCCC1NC(=O)c1cccc(Cl)c1Cl. The molecule has 1 amide bonds. The zero-order valence-corrected chi connectivity index (χ0v) is 12.2. The van der Waals surface area contributed by atoms with E-state index in [1.54, 1.807) is 18.2 Å². The minimum Gasteiger partial charge on any atom is -0.349 e. The molecule has 1 saturated carbocycles. The lowest BCUT2D eigenvalue weighted by Crippen LogP contribution is -2.44. The van der Waals surface area contributed by atoms with Gasteiger partial charge in [-0.1, -0.05) is 42.1 Å². The molecule has 2 atom stereocenters. The Kier molecular flexibility index (Phi) is 5.08. The second-order valence-electron chi connectivity index (χ2n) is 4.96. The lowest BCUT2D eigenvalue weighted by Gasteiger charge is -2.31. The van der Waals surface area contributed by atoms with Gasteiger partial charge in [-0.15, -0.1) is 0 Å². The molecule has 1 aromatic carbocycles. The third kappa shape index (κ3) is 3.41. The fraction of sp³-hybridized carbons (Fsp3) is 0.500. The van der Waals surface area contributed by atoms with Crippen molar-refractivity contribution in [2.75, 3.05) is 6.54 Å². The minimum atomic E-state index is -0.169. The molecule has 19 heavy (non-hydrogen) atoms. The van der Waals surface area contributed by atoms with Gasteiger partial charge in [-0.2, -0.15) is 0 Å². The van der Waals surface area contributed by atoms with Crippen molar-refractivity contribution in [3.8, 4) is 0 Å². The average molecular weight is 301 g/mol. The van der Waals surface area contributed by atoms with E-state index >= 15 is 0 Å². The third-order valence-electron chi connectivity index (χ3n) is 3.72. The Labute approximate surface area is 123 Å². The van der Waals surface area contributed by atoms with Crippen LogP contribution in [0.2, 0.25) is 10.0 Å². The zero-order valence-electron chi connectivity index (χ0n) is 10.7. The molecular weight excluding hydrogens is 283 g/mol. The summed E-state index contributed by atoms with van der Waals surface area (Å²) in [6, 6.07) is 5.22. The summed E-state index contributed by atoms with van der Waals surface area (Å²) in [4.78, 5) is 12.3. The van der Waals surface area contributed by atoms with Crippen LogP contribution in [-0.4, -0.2) is 18.5 Å². The van der Waals surface area contributed by atoms with Crippen molar-refractivity contribution in [2.24, 2.45) is 11.7 Å². The molecular formula is C14H18Cl2N2O. The summed E-state index contributed by atoms with van der Waals surface area (Å²) in [6.07, 6.45) is 4.37. The molecule has 2 rings (SSSR count). The molecule has 0 aliphatic heterocycles. The van der Waals surface area contributed by atoms with Crippen molar-refractivity contribution in [3.05, 3.63) is 33.8 Å². The Bertz CT molecular complexity index is 465. The van der Waals surface area contributed by atoms with Gasteiger partial charge in [-0.05, 0) is 37.4 Å². The fourth-order valence-electron chi connectivity index (χ4n) is 2.61. The number of carbonyl (C=O) groups is 1. The second-order valence-corrected chi connectivity index (χ2v) is 5.75. The van der Waals surface area contributed by atoms with Gasteiger partial charge in [0.2, 0.25) is 0 Å². The van der Waals surface area contributed by atoms with Gasteiger partial charge in [-0.25, -0.2) is 0 Å². The van der Waals surface area contributed by atoms with Crippen LogP contribution in [0.1, 0.15) is 36.0 Å². The Morgan fingerprint density at radius 3 is 2.79 bits per heavy atom. The first-order valence-corrected chi connectivity index (χ1v) is 7.34. The van der Waals surface area contributed by atoms with Crippen LogP contribution < -0.4 is 11.1 Å². The first-order valence-electron chi connectivity index (χ1n) is 6.58. The lowest BCUT2D eigenvalue weighted by molar-refractivity contribution is 0.0908. The minimum absolute atomic E-state index is 0.140. The molecule has 1 aromatic rings. The summed E-state index contributed by atoms with van der Waals surface area (Å²) in [5.74, 6) is 0.188. The van der Waals surface area contributed by atoms with Gasteiger partial charge >= 0.3 is 0 Å². The summed E-state index contributed by atoms with van der Waals surface area (Å²) in [6.45, 7) is 0.605. The van der Waals surface area contributed by atoms with Gasteiger partial charge in [0.15, 0.2) is 0 Å². The van der Waals surface area contributed by atoms with Crippen LogP contribution in [0.15, 0.2) is 18.2 Å². The Morgan fingerprint density at radius 2 is 2.05 bits per heavy atom. The number of nitrogens with one attached hydrogen (secondary N) is 1. The van der Waals surface area contributed by atoms with E-state index in [1.807, 2.05) is 0 Å². The molecule has 0 spiro atoms. The highest BCUT2D eigenvalue weighted by Gasteiger charge is 2.26. The van der Waals surface area contributed by atoms with Crippen LogP contribution >= 0.6 is 23.2 Å². The number of hydrogen-bond acceptors (Lipinski definition) is 2. The van der Waals surface area contributed by atoms with Gasteiger partial charge in [-0.3, -0.25) is 4.79 Å². The Balaban J connectivity index is 2.09. The molecule has 1 aliphatic rings. The summed E-state index contributed by atoms with van der Waals surface area (Å²) in [7, 11) is 0. The highest BCUT2D eigenvalue weighted by Crippen LogP contribution is 2.27. The van der Waals surface area contributed by atoms with E-state index in [2.05, 4.69) is 5.32 Å². The molecule has 3 N–H and O–H groups in total. The summed E-state index contributed by atoms with van der Waals surface area (Å²) in [5.41, 5.74) is 6.19. The topological polar surface area (TPSA) is 55.1 Å². The fourth-order valence-corrected chi connectivity index (χ4v) is 2.99. The van der Waals surface area contributed by atoms with Gasteiger partial charge in [0.25, 0.3) is 5.91 Å². The second kappa shape index (κ2) is 6.60. The normalized spacial score (nSPS) is 23.1. The number of hydrogen-bond donors (Lipinski definition) is 2. The smallest absolute Gasteiger partial charge is 0.253 e. The van der Waals surface area contributed by atoms with E-state index in [-0.39, 0.29) is 11.9 Å². The van der Waals surface area contributed by atoms with Gasteiger partial charge in [0, 0.05) is 6.04 Å². The van der Waals surface area contributed by atoms with Crippen molar-refractivity contribution in [1.82, 2.24) is 5.32 Å². The standard InChI is InChI=1S/C14H18Cl2N2O/c15-11-6-3-5-10(13(11)16)14(19)18-12-7-2-1-4-9(12)8-17/h3,5-6,9,12H,1-2,4,7-8,17H2,(H,18,19). The van der Waals surface area contributed by atoms with Gasteiger partial charge in [0.1, 0.15) is 0 Å². The van der Waals surface area contributed by atoms with E-state index < -0.39 is 0 Å². The van der Waals surface area contributed by atoms with Gasteiger partial charge in [0.05, 0.1) is 15.6 Å². The lowest BCUT2D eigenvalue weighted by atomic mass is 9.84. The third-order valence-corrected chi connectivity index (χ3v) is 4.54. The molecule has 0 radical (unpaired) electrons. The van der Waals surface area contributed by atoms with Crippen molar-refractivity contribution >= 4 is 29.1 Å². The van der Waals surface area contributed by atoms with Crippen molar-refractivity contribution in [2.45, 2.75) is 31.7 Å². The van der Waals surface area contributed by atoms with E-state index in [1.165, 1.54) is 6.42 Å². The highest BCUT2D eigenvalue weighted by molar-refractivity contribution is 6.43.